The van der Waals surface area contributed by atoms with E-state index in [-0.39, 0.29) is 5.41 Å². The normalized spacial score (nSPS) is 24.5. The highest BCUT2D eigenvalue weighted by Crippen LogP contribution is 2.46. The van der Waals surface area contributed by atoms with Crippen LogP contribution in [-0.2, 0) is 10.2 Å². The first-order chi connectivity index (χ1) is 10.2. The maximum absolute atomic E-state index is 13.1. The van der Waals surface area contributed by atoms with E-state index in [4.69, 9.17) is 11.6 Å². The number of hydrogen-bond donors (Lipinski definition) is 0. The van der Waals surface area contributed by atoms with Crippen molar-refractivity contribution in [2.45, 2.75) is 50.9 Å². The monoisotopic (exact) mass is 305 g/mol. The fraction of sp³-hybridized carbons (Fsp3) is 0.611. The van der Waals surface area contributed by atoms with Gasteiger partial charge >= 0.3 is 0 Å². The lowest BCUT2D eigenvalue weighted by Gasteiger charge is -2.46. The quantitative estimate of drug-likeness (QED) is 0.810. The minimum Gasteiger partial charge on any atom is -0.342 e. The molecule has 1 aromatic rings. The summed E-state index contributed by atoms with van der Waals surface area (Å²) >= 11 is 5.99. The summed E-state index contributed by atoms with van der Waals surface area (Å²) in [5.41, 5.74) is 0.891. The molecular weight excluding hydrogens is 282 g/mol. The van der Waals surface area contributed by atoms with E-state index in [2.05, 4.69) is 11.8 Å². The van der Waals surface area contributed by atoms with Gasteiger partial charge in [-0.3, -0.25) is 4.79 Å². The van der Waals surface area contributed by atoms with Crippen LogP contribution in [0.3, 0.4) is 0 Å². The summed E-state index contributed by atoms with van der Waals surface area (Å²) in [6, 6.07) is 7.91. The summed E-state index contributed by atoms with van der Waals surface area (Å²) in [7, 11) is 0. The third kappa shape index (κ3) is 2.70. The zero-order chi connectivity index (χ0) is 14.9. The van der Waals surface area contributed by atoms with Gasteiger partial charge in [0.25, 0.3) is 0 Å². The van der Waals surface area contributed by atoms with E-state index < -0.39 is 0 Å². The van der Waals surface area contributed by atoms with Crippen molar-refractivity contribution in [2.24, 2.45) is 5.92 Å². The number of benzene rings is 1. The first kappa shape index (κ1) is 14.9. The second-order valence-electron chi connectivity index (χ2n) is 6.61. The fourth-order valence-electron chi connectivity index (χ4n) is 3.81. The number of likely N-dealkylation sites (tertiary alicyclic amines) is 1. The SMILES string of the molecule is CCC1CCCN(C(=O)C2(c3ccc(Cl)cc3)CCC2)C1. The maximum atomic E-state index is 13.1. The number of nitrogens with zero attached hydrogens (tertiary/aromatic N) is 1. The van der Waals surface area contributed by atoms with Gasteiger partial charge in [0.2, 0.25) is 5.91 Å². The highest BCUT2D eigenvalue weighted by molar-refractivity contribution is 6.30. The number of halogens is 1. The van der Waals surface area contributed by atoms with Crippen molar-refractivity contribution < 1.29 is 4.79 Å². The number of hydrogen-bond acceptors (Lipinski definition) is 1. The van der Waals surface area contributed by atoms with Crippen LogP contribution in [-0.4, -0.2) is 23.9 Å². The Labute approximate surface area is 132 Å². The Hall–Kier alpha value is -1.02. The highest BCUT2D eigenvalue weighted by atomic mass is 35.5. The summed E-state index contributed by atoms with van der Waals surface area (Å²) < 4.78 is 0. The molecular formula is C18H24ClNO. The van der Waals surface area contributed by atoms with Crippen LogP contribution < -0.4 is 0 Å². The second kappa shape index (κ2) is 6.00. The first-order valence-electron chi connectivity index (χ1n) is 8.21. The average molecular weight is 306 g/mol. The molecule has 1 unspecified atom stereocenters. The zero-order valence-electron chi connectivity index (χ0n) is 12.8. The van der Waals surface area contributed by atoms with Gasteiger partial charge in [-0.05, 0) is 49.3 Å². The maximum Gasteiger partial charge on any atom is 0.233 e. The molecule has 1 saturated carbocycles. The number of rotatable bonds is 3. The molecule has 3 heteroatoms. The van der Waals surface area contributed by atoms with Gasteiger partial charge in [0, 0.05) is 18.1 Å². The Kier molecular flexibility index (Phi) is 4.26. The van der Waals surface area contributed by atoms with E-state index in [0.29, 0.717) is 11.8 Å². The summed E-state index contributed by atoms with van der Waals surface area (Å²) in [4.78, 5) is 15.3. The molecule has 0 aromatic heterocycles. The van der Waals surface area contributed by atoms with Gasteiger partial charge in [-0.15, -0.1) is 0 Å². The molecule has 0 N–H and O–H groups in total. The lowest BCUT2D eigenvalue weighted by Crippen LogP contribution is -2.53. The van der Waals surface area contributed by atoms with Crippen LogP contribution in [0, 0.1) is 5.92 Å². The molecule has 1 aliphatic heterocycles. The number of carbonyl (C=O) groups is 1. The van der Waals surface area contributed by atoms with Crippen LogP contribution in [0.4, 0.5) is 0 Å². The molecule has 2 nitrogen and oxygen atoms in total. The predicted octanol–water partition coefficient (Wildman–Crippen LogP) is 4.41. The Bertz CT molecular complexity index is 506. The van der Waals surface area contributed by atoms with E-state index in [9.17, 15) is 4.79 Å². The fourth-order valence-corrected chi connectivity index (χ4v) is 3.94. The lowest BCUT2D eigenvalue weighted by molar-refractivity contribution is -0.142. The van der Waals surface area contributed by atoms with Crippen molar-refractivity contribution in [1.82, 2.24) is 4.90 Å². The lowest BCUT2D eigenvalue weighted by atomic mass is 9.63. The minimum absolute atomic E-state index is 0.264. The Morgan fingerprint density at radius 1 is 1.29 bits per heavy atom. The molecule has 1 atom stereocenters. The standard InChI is InChI=1S/C18H24ClNO/c1-2-14-5-3-12-20(13-14)17(21)18(10-4-11-18)15-6-8-16(19)9-7-15/h6-9,14H,2-5,10-13H2,1H3. The number of piperidine rings is 1. The Morgan fingerprint density at radius 3 is 2.57 bits per heavy atom. The smallest absolute Gasteiger partial charge is 0.233 e. The summed E-state index contributed by atoms with van der Waals surface area (Å²) in [6.07, 6.45) is 6.73. The molecule has 1 heterocycles. The van der Waals surface area contributed by atoms with Gasteiger partial charge in [0.05, 0.1) is 5.41 Å². The van der Waals surface area contributed by atoms with Gasteiger partial charge in [-0.25, -0.2) is 0 Å². The van der Waals surface area contributed by atoms with E-state index in [1.165, 1.54) is 12.8 Å². The molecule has 1 aliphatic carbocycles. The van der Waals surface area contributed by atoms with Gasteiger partial charge in [0.15, 0.2) is 0 Å². The Morgan fingerprint density at radius 2 is 2.00 bits per heavy atom. The molecule has 114 valence electrons. The molecule has 1 aromatic carbocycles. The topological polar surface area (TPSA) is 20.3 Å². The number of amides is 1. The van der Waals surface area contributed by atoms with Crippen molar-refractivity contribution in [3.8, 4) is 0 Å². The minimum atomic E-state index is -0.264. The largest absolute Gasteiger partial charge is 0.342 e. The molecule has 0 spiro atoms. The summed E-state index contributed by atoms with van der Waals surface area (Å²) in [5, 5.41) is 0.740. The van der Waals surface area contributed by atoms with Crippen molar-refractivity contribution in [2.75, 3.05) is 13.1 Å². The van der Waals surface area contributed by atoms with Gasteiger partial charge in [0.1, 0.15) is 0 Å². The van der Waals surface area contributed by atoms with Gasteiger partial charge in [-0.1, -0.05) is 43.5 Å². The van der Waals surface area contributed by atoms with Gasteiger partial charge < -0.3 is 4.90 Å². The molecule has 3 rings (SSSR count). The number of carbonyl (C=O) groups excluding carboxylic acids is 1. The van der Waals surface area contributed by atoms with Crippen molar-refractivity contribution in [3.63, 3.8) is 0 Å². The van der Waals surface area contributed by atoms with Crippen LogP contribution in [0.2, 0.25) is 5.02 Å². The molecule has 2 fully saturated rings. The van der Waals surface area contributed by atoms with Crippen LogP contribution >= 0.6 is 11.6 Å². The van der Waals surface area contributed by atoms with E-state index in [1.54, 1.807) is 0 Å². The van der Waals surface area contributed by atoms with E-state index >= 15 is 0 Å². The summed E-state index contributed by atoms with van der Waals surface area (Å²) in [5.74, 6) is 1.04. The van der Waals surface area contributed by atoms with Crippen LogP contribution in [0.25, 0.3) is 0 Å². The third-order valence-electron chi connectivity index (χ3n) is 5.40. The molecule has 1 amide bonds. The van der Waals surface area contributed by atoms with Crippen molar-refractivity contribution in [3.05, 3.63) is 34.9 Å². The molecule has 0 radical (unpaired) electrons. The second-order valence-corrected chi connectivity index (χ2v) is 7.05. The third-order valence-corrected chi connectivity index (χ3v) is 5.65. The summed E-state index contributed by atoms with van der Waals surface area (Å²) in [6.45, 7) is 4.12. The highest BCUT2D eigenvalue weighted by Gasteiger charge is 2.48. The van der Waals surface area contributed by atoms with Crippen molar-refractivity contribution >= 4 is 17.5 Å². The van der Waals surface area contributed by atoms with Crippen LogP contribution in [0.15, 0.2) is 24.3 Å². The van der Waals surface area contributed by atoms with Crippen LogP contribution in [0.5, 0.6) is 0 Å². The predicted molar refractivity (Wildman–Crippen MR) is 86.6 cm³/mol. The van der Waals surface area contributed by atoms with Gasteiger partial charge in [-0.2, -0.15) is 0 Å². The van der Waals surface area contributed by atoms with Crippen LogP contribution in [0.1, 0.15) is 51.0 Å². The average Bonchev–Trinajstić information content (AvgIpc) is 2.48. The van der Waals surface area contributed by atoms with E-state index in [0.717, 1.165) is 49.4 Å². The van der Waals surface area contributed by atoms with Crippen molar-refractivity contribution in [1.29, 1.82) is 0 Å². The Balaban J connectivity index is 1.82. The molecule has 1 saturated heterocycles. The van der Waals surface area contributed by atoms with E-state index in [1.807, 2.05) is 24.3 Å². The first-order valence-corrected chi connectivity index (χ1v) is 8.59. The molecule has 21 heavy (non-hydrogen) atoms. The molecule has 0 bridgehead atoms. The molecule has 2 aliphatic rings. The zero-order valence-corrected chi connectivity index (χ0v) is 13.5.